The SMILES string of the molecule is CC(C)C[C@H]1C(=O)O[C@H](Cc2ccc(Cn3ccnc3Br)cc2)C(=O)N(C)[C@@H](CC(C)C)C(=O)O[C@H](C)C(=O)N(C)[C@@H](CC(C)C)C(=O)O[C@H](Cc2ccc(Cn3ccnc3Br)cc2)C(=O)N(C)[C@@H](CC(C)C)C(=O)O[C@H](C)C(=O)N1C. The standard InChI is InChI=1S/C60H82Br2N8O12/c1-35(2)27-45-55(75)79-39(9)51(71)65(11)48(30-38(7)8)58(78)82-50(32-42-17-21-44(22-18-42)34-70-26-24-64-60(70)62)54(74)68(14)46(28-36(3)4)56(76)80-40(10)52(72)66(12)47(29-37(5)6)57(77)81-49(53(73)67(45)13)31-41-15-19-43(20-16-41)33-69-25-23-63-59(69)61/h15-26,35-40,45-50H,27-34H2,1-14H3/t39-,40-,45+,46+,47+,48+,49-,50-/m1/s1. The van der Waals surface area contributed by atoms with Gasteiger partial charge in [0.2, 0.25) is 0 Å². The minimum absolute atomic E-state index is 0.0795. The lowest BCUT2D eigenvalue weighted by atomic mass is 9.99. The van der Waals surface area contributed by atoms with E-state index >= 15 is 9.59 Å². The first-order chi connectivity index (χ1) is 38.6. The first kappa shape index (κ1) is 66.4. The molecule has 22 heteroatoms. The number of nitrogens with zero attached hydrogens (tertiary/aromatic N) is 8. The van der Waals surface area contributed by atoms with E-state index in [4.69, 9.17) is 18.9 Å². The van der Waals surface area contributed by atoms with E-state index in [0.717, 1.165) is 30.7 Å². The molecule has 0 bridgehead atoms. The Kier molecular flexibility index (Phi) is 24.5. The van der Waals surface area contributed by atoms with Crippen LogP contribution >= 0.6 is 31.9 Å². The van der Waals surface area contributed by atoms with Crippen LogP contribution in [0.3, 0.4) is 0 Å². The maximum atomic E-state index is 15.0. The summed E-state index contributed by atoms with van der Waals surface area (Å²) in [7, 11) is 5.56. The van der Waals surface area contributed by atoms with E-state index in [2.05, 4.69) is 41.8 Å². The lowest BCUT2D eigenvalue weighted by Crippen LogP contribution is -2.55. The lowest BCUT2D eigenvalue weighted by molar-refractivity contribution is -0.176. The van der Waals surface area contributed by atoms with Crippen LogP contribution in [-0.2, 0) is 83.2 Å². The maximum Gasteiger partial charge on any atom is 0.329 e. The van der Waals surface area contributed by atoms with Crippen molar-refractivity contribution < 1.29 is 57.3 Å². The first-order valence-electron chi connectivity index (χ1n) is 27.9. The summed E-state index contributed by atoms with van der Waals surface area (Å²) >= 11 is 6.88. The minimum Gasteiger partial charge on any atom is -0.451 e. The Labute approximate surface area is 499 Å². The molecule has 4 aromatic rings. The van der Waals surface area contributed by atoms with Crippen LogP contribution in [-0.4, -0.2) is 163 Å². The van der Waals surface area contributed by atoms with E-state index in [1.807, 2.05) is 101 Å². The highest BCUT2D eigenvalue weighted by Gasteiger charge is 2.43. The molecule has 0 aliphatic carbocycles. The Bertz CT molecular complexity index is 2630. The van der Waals surface area contributed by atoms with Crippen LogP contribution in [0.2, 0.25) is 0 Å². The van der Waals surface area contributed by atoms with Crippen LogP contribution in [0.25, 0.3) is 0 Å². The Balaban J connectivity index is 1.59. The number of hydrogen-bond donors (Lipinski definition) is 0. The van der Waals surface area contributed by atoms with Crippen molar-refractivity contribution in [2.45, 2.75) is 169 Å². The molecule has 448 valence electrons. The molecule has 3 heterocycles. The van der Waals surface area contributed by atoms with Crippen molar-refractivity contribution in [1.29, 1.82) is 0 Å². The third kappa shape index (κ3) is 18.3. The zero-order valence-electron chi connectivity index (χ0n) is 49.7. The molecule has 1 saturated heterocycles. The summed E-state index contributed by atoms with van der Waals surface area (Å²) in [6.45, 7) is 18.5. The summed E-state index contributed by atoms with van der Waals surface area (Å²) in [5.74, 6) is -7.46. The number of aromatic nitrogens is 4. The molecule has 1 fully saturated rings. The molecule has 2 aromatic heterocycles. The predicted molar refractivity (Wildman–Crippen MR) is 313 cm³/mol. The number of halogens is 2. The van der Waals surface area contributed by atoms with Gasteiger partial charge in [0.15, 0.2) is 33.9 Å². The van der Waals surface area contributed by atoms with Gasteiger partial charge in [0.25, 0.3) is 23.6 Å². The highest BCUT2D eigenvalue weighted by molar-refractivity contribution is 9.10. The molecule has 0 spiro atoms. The second-order valence-electron chi connectivity index (χ2n) is 23.1. The highest BCUT2D eigenvalue weighted by Crippen LogP contribution is 2.25. The van der Waals surface area contributed by atoms with Gasteiger partial charge in [-0.2, -0.15) is 0 Å². The highest BCUT2D eigenvalue weighted by atomic mass is 79.9. The van der Waals surface area contributed by atoms with Crippen molar-refractivity contribution in [2.24, 2.45) is 23.7 Å². The number of amides is 4. The van der Waals surface area contributed by atoms with Gasteiger partial charge in [-0.1, -0.05) is 104 Å². The van der Waals surface area contributed by atoms with Gasteiger partial charge in [0, 0.05) is 78.9 Å². The normalized spacial score (nSPS) is 23.0. The van der Waals surface area contributed by atoms with Crippen LogP contribution in [0.4, 0.5) is 0 Å². The Morgan fingerprint density at radius 2 is 0.671 bits per heavy atom. The smallest absolute Gasteiger partial charge is 0.329 e. The minimum atomic E-state index is -1.54. The monoisotopic (exact) mass is 1260 g/mol. The van der Waals surface area contributed by atoms with Gasteiger partial charge in [-0.05, 0) is 117 Å². The summed E-state index contributed by atoms with van der Waals surface area (Å²) in [6.07, 6.45) is 0.968. The first-order valence-corrected chi connectivity index (χ1v) is 29.5. The number of hydrogen-bond acceptors (Lipinski definition) is 14. The van der Waals surface area contributed by atoms with Crippen molar-refractivity contribution in [3.8, 4) is 0 Å². The number of rotatable bonds is 16. The van der Waals surface area contributed by atoms with Crippen LogP contribution < -0.4 is 0 Å². The van der Waals surface area contributed by atoms with Crippen LogP contribution in [0.5, 0.6) is 0 Å². The Morgan fingerprint density at radius 3 is 0.927 bits per heavy atom. The average molecular weight is 1270 g/mol. The van der Waals surface area contributed by atoms with E-state index < -0.39 is 96.1 Å². The fourth-order valence-electron chi connectivity index (χ4n) is 9.72. The number of cyclic esters (lactones) is 4. The summed E-state index contributed by atoms with van der Waals surface area (Å²) < 4.78 is 29.3. The number of ether oxygens (including phenoxy) is 4. The molecule has 2 aromatic carbocycles. The summed E-state index contributed by atoms with van der Waals surface area (Å²) in [5.41, 5.74) is 3.05. The van der Waals surface area contributed by atoms with Crippen molar-refractivity contribution >= 4 is 79.4 Å². The van der Waals surface area contributed by atoms with Crippen molar-refractivity contribution in [3.63, 3.8) is 0 Å². The Morgan fingerprint density at radius 1 is 0.415 bits per heavy atom. The van der Waals surface area contributed by atoms with E-state index in [0.29, 0.717) is 33.7 Å². The quantitative estimate of drug-likeness (QED) is 0.0776. The fourth-order valence-corrected chi connectivity index (χ4v) is 10.4. The third-order valence-electron chi connectivity index (χ3n) is 14.4. The van der Waals surface area contributed by atoms with Gasteiger partial charge >= 0.3 is 23.9 Å². The largest absolute Gasteiger partial charge is 0.451 e. The zero-order chi connectivity index (χ0) is 60.9. The molecule has 1 aliphatic rings. The molecule has 4 amide bonds. The third-order valence-corrected chi connectivity index (χ3v) is 15.7. The van der Waals surface area contributed by atoms with E-state index in [9.17, 15) is 28.8 Å². The second-order valence-corrected chi connectivity index (χ2v) is 24.5. The number of esters is 4. The summed E-state index contributed by atoms with van der Waals surface area (Å²) in [4.78, 5) is 130. The van der Waals surface area contributed by atoms with Gasteiger partial charge in [-0.3, -0.25) is 19.2 Å². The number of benzene rings is 2. The second kappa shape index (κ2) is 30.2. The maximum absolute atomic E-state index is 15.0. The molecule has 20 nitrogen and oxygen atoms in total. The molecular weight excluding hydrogens is 1180 g/mol. The molecule has 0 radical (unpaired) electrons. The van der Waals surface area contributed by atoms with Crippen molar-refractivity contribution in [3.05, 3.63) is 105 Å². The van der Waals surface area contributed by atoms with Gasteiger partial charge in [-0.25, -0.2) is 29.1 Å². The number of likely N-dealkylation sites (N-methyl/N-ethyl adjacent to an activating group) is 4. The fraction of sp³-hybridized carbons (Fsp3) is 0.567. The molecule has 5 rings (SSSR count). The molecule has 1 aliphatic heterocycles. The molecule has 8 atom stereocenters. The Hall–Kier alpha value is -6.42. The topological polar surface area (TPSA) is 222 Å². The van der Waals surface area contributed by atoms with Crippen LogP contribution in [0, 0.1) is 23.7 Å². The molecule has 0 saturated carbocycles. The van der Waals surface area contributed by atoms with Gasteiger partial charge in [-0.15, -0.1) is 0 Å². The van der Waals surface area contributed by atoms with Crippen LogP contribution in [0.1, 0.15) is 117 Å². The number of carbonyl (C=O) groups is 8. The number of imidazole rings is 2. The van der Waals surface area contributed by atoms with Gasteiger partial charge in [0.1, 0.15) is 24.2 Å². The molecule has 0 unspecified atom stereocenters. The van der Waals surface area contributed by atoms with Crippen LogP contribution in [0.15, 0.2) is 82.8 Å². The summed E-state index contributed by atoms with van der Waals surface area (Å²) in [6, 6.07) is 9.54. The molecule has 82 heavy (non-hydrogen) atoms. The van der Waals surface area contributed by atoms with E-state index in [-0.39, 0.29) is 62.2 Å². The number of carbonyl (C=O) groups excluding carboxylic acids is 8. The average Bonchev–Trinajstić information content (AvgIpc) is 4.03. The zero-order valence-corrected chi connectivity index (χ0v) is 52.9. The van der Waals surface area contributed by atoms with E-state index in [1.54, 1.807) is 36.7 Å². The van der Waals surface area contributed by atoms with Gasteiger partial charge in [0.05, 0.1) is 0 Å². The van der Waals surface area contributed by atoms with Gasteiger partial charge < -0.3 is 47.7 Å². The van der Waals surface area contributed by atoms with Crippen molar-refractivity contribution in [2.75, 3.05) is 28.2 Å². The lowest BCUT2D eigenvalue weighted by Gasteiger charge is -2.35. The predicted octanol–water partition coefficient (Wildman–Crippen LogP) is 7.68. The molecular formula is C60H82Br2N8O12. The summed E-state index contributed by atoms with van der Waals surface area (Å²) in [5, 5.41) is 0. The van der Waals surface area contributed by atoms with E-state index in [1.165, 1.54) is 42.0 Å². The molecule has 0 N–H and O–H groups in total. The van der Waals surface area contributed by atoms with Crippen molar-refractivity contribution in [1.82, 2.24) is 38.7 Å².